The summed E-state index contributed by atoms with van der Waals surface area (Å²) in [4.78, 5) is 11.4. The number of alkyl halides is 3. The minimum Gasteiger partial charge on any atom is -0.446 e. The molecule has 23 heavy (non-hydrogen) atoms. The van der Waals surface area contributed by atoms with Gasteiger partial charge in [0.05, 0.1) is 5.75 Å². The fraction of sp³-hybridized carbons (Fsp3) is 0.500. The Hall–Kier alpha value is -1.61. The number of esters is 1. The third-order valence-corrected chi connectivity index (χ3v) is 4.59. The van der Waals surface area contributed by atoms with Crippen molar-refractivity contribution < 1.29 is 31.1 Å². The number of rotatable bonds is 3. The zero-order chi connectivity index (χ0) is 17.5. The van der Waals surface area contributed by atoms with Crippen LogP contribution in [-0.2, 0) is 31.4 Å². The Morgan fingerprint density at radius 2 is 2.00 bits per heavy atom. The van der Waals surface area contributed by atoms with E-state index in [1.54, 1.807) is 18.2 Å². The molecule has 0 fully saturated rings. The molecule has 0 amide bonds. The standard InChI is InChI=1S/C14H16F3NO4S/c1-23(20,21)8-13(22-12(19)14(15,16)17)7-10(18)6-9-4-2-3-5-11(9)13/h2-5,10H,6-8,18H2,1H3. The SMILES string of the molecule is CS(=O)(=O)CC1(OC(=O)C(F)(F)F)CC(N)Cc2ccccc21. The summed E-state index contributed by atoms with van der Waals surface area (Å²) in [5.41, 5.74) is 4.75. The van der Waals surface area contributed by atoms with Gasteiger partial charge in [-0.1, -0.05) is 24.3 Å². The van der Waals surface area contributed by atoms with Gasteiger partial charge in [-0.25, -0.2) is 13.2 Å². The molecule has 0 spiro atoms. The number of benzene rings is 1. The minimum absolute atomic E-state index is 0.196. The third-order valence-electron chi connectivity index (χ3n) is 3.60. The van der Waals surface area contributed by atoms with Crippen LogP contribution in [0, 0.1) is 0 Å². The number of fused-ring (bicyclic) bond motifs is 1. The van der Waals surface area contributed by atoms with Crippen LogP contribution in [-0.4, -0.2) is 38.6 Å². The Balaban J connectivity index is 2.57. The van der Waals surface area contributed by atoms with Gasteiger partial charge in [-0.15, -0.1) is 0 Å². The van der Waals surface area contributed by atoms with Crippen LogP contribution in [0.4, 0.5) is 13.2 Å². The Morgan fingerprint density at radius 1 is 1.39 bits per heavy atom. The average Bonchev–Trinajstić information content (AvgIpc) is 2.35. The molecule has 2 rings (SSSR count). The molecule has 1 aliphatic carbocycles. The molecule has 0 saturated heterocycles. The predicted molar refractivity (Wildman–Crippen MR) is 76.3 cm³/mol. The maximum absolute atomic E-state index is 12.6. The summed E-state index contributed by atoms with van der Waals surface area (Å²) in [6.45, 7) is 0. The molecule has 0 saturated carbocycles. The summed E-state index contributed by atoms with van der Waals surface area (Å²) < 4.78 is 66.0. The topological polar surface area (TPSA) is 86.5 Å². The molecule has 0 radical (unpaired) electrons. The number of nitrogens with two attached hydrogens (primary N) is 1. The number of ether oxygens (including phenoxy) is 1. The molecule has 1 aliphatic rings. The predicted octanol–water partition coefficient (Wildman–Crippen LogP) is 1.31. The van der Waals surface area contributed by atoms with Crippen molar-refractivity contribution in [1.82, 2.24) is 0 Å². The summed E-state index contributed by atoms with van der Waals surface area (Å²) in [5, 5.41) is 0. The van der Waals surface area contributed by atoms with Crippen molar-refractivity contribution >= 4 is 15.8 Å². The van der Waals surface area contributed by atoms with Gasteiger partial charge in [0.1, 0.15) is 0 Å². The first kappa shape index (κ1) is 17.7. The largest absolute Gasteiger partial charge is 0.490 e. The molecule has 5 nitrogen and oxygen atoms in total. The smallest absolute Gasteiger partial charge is 0.446 e. The zero-order valence-corrected chi connectivity index (χ0v) is 13.1. The molecule has 1 aromatic rings. The van der Waals surface area contributed by atoms with Crippen molar-refractivity contribution in [3.05, 3.63) is 35.4 Å². The van der Waals surface area contributed by atoms with E-state index in [0.29, 0.717) is 12.0 Å². The van der Waals surface area contributed by atoms with Gasteiger partial charge >= 0.3 is 12.1 Å². The van der Waals surface area contributed by atoms with E-state index >= 15 is 0 Å². The number of halogens is 3. The second-order valence-electron chi connectivity index (χ2n) is 5.78. The number of hydrogen-bond acceptors (Lipinski definition) is 5. The van der Waals surface area contributed by atoms with Gasteiger partial charge in [0, 0.05) is 18.7 Å². The maximum Gasteiger partial charge on any atom is 0.490 e. The van der Waals surface area contributed by atoms with Crippen molar-refractivity contribution in [1.29, 1.82) is 0 Å². The summed E-state index contributed by atoms with van der Waals surface area (Å²) in [6.07, 6.45) is -4.18. The van der Waals surface area contributed by atoms with Crippen molar-refractivity contribution in [2.24, 2.45) is 5.73 Å². The molecule has 9 heteroatoms. The molecule has 0 aliphatic heterocycles. The lowest BCUT2D eigenvalue weighted by Gasteiger charge is -2.40. The van der Waals surface area contributed by atoms with Crippen LogP contribution in [0.5, 0.6) is 0 Å². The van der Waals surface area contributed by atoms with Crippen LogP contribution in [0.2, 0.25) is 0 Å². The number of hydrogen-bond donors (Lipinski definition) is 1. The summed E-state index contributed by atoms with van der Waals surface area (Å²) in [7, 11) is -3.74. The molecule has 2 atom stereocenters. The highest BCUT2D eigenvalue weighted by Gasteiger charge is 2.51. The minimum atomic E-state index is -5.22. The van der Waals surface area contributed by atoms with E-state index in [1.807, 2.05) is 0 Å². The lowest BCUT2D eigenvalue weighted by atomic mass is 9.78. The van der Waals surface area contributed by atoms with Gasteiger partial charge < -0.3 is 10.5 Å². The highest BCUT2D eigenvalue weighted by molar-refractivity contribution is 7.90. The van der Waals surface area contributed by atoms with Gasteiger partial charge in [-0.2, -0.15) is 13.2 Å². The zero-order valence-electron chi connectivity index (χ0n) is 12.3. The Kier molecular flexibility index (Phi) is 4.46. The summed E-state index contributed by atoms with van der Waals surface area (Å²) in [6, 6.07) is 5.69. The third kappa shape index (κ3) is 4.03. The van der Waals surface area contributed by atoms with Crippen LogP contribution < -0.4 is 5.73 Å². The fourth-order valence-electron chi connectivity index (χ4n) is 2.95. The van der Waals surface area contributed by atoms with Crippen molar-refractivity contribution in [2.75, 3.05) is 12.0 Å². The van der Waals surface area contributed by atoms with Gasteiger partial charge in [0.15, 0.2) is 15.4 Å². The monoisotopic (exact) mass is 351 g/mol. The highest BCUT2D eigenvalue weighted by Crippen LogP contribution is 2.40. The molecule has 1 aromatic carbocycles. The fourth-order valence-corrected chi connectivity index (χ4v) is 4.13. The number of sulfone groups is 1. The van der Waals surface area contributed by atoms with Gasteiger partial charge in [-0.05, 0) is 17.5 Å². The van der Waals surface area contributed by atoms with Crippen molar-refractivity contribution in [2.45, 2.75) is 30.7 Å². The first-order valence-corrected chi connectivity index (χ1v) is 8.81. The van der Waals surface area contributed by atoms with E-state index in [1.165, 1.54) is 6.07 Å². The Labute approximate surface area is 131 Å². The highest BCUT2D eigenvalue weighted by atomic mass is 32.2. The van der Waals surface area contributed by atoms with Gasteiger partial charge in [0.25, 0.3) is 0 Å². The first-order valence-electron chi connectivity index (χ1n) is 6.75. The second kappa shape index (κ2) is 5.79. The van der Waals surface area contributed by atoms with Gasteiger partial charge in [-0.3, -0.25) is 0 Å². The molecular weight excluding hydrogens is 335 g/mol. The van der Waals surface area contributed by atoms with Crippen LogP contribution in [0.1, 0.15) is 17.5 Å². The molecule has 0 bridgehead atoms. The van der Waals surface area contributed by atoms with E-state index in [0.717, 1.165) is 6.26 Å². The number of carbonyl (C=O) groups is 1. The van der Waals surface area contributed by atoms with Crippen LogP contribution in [0.25, 0.3) is 0 Å². The Bertz CT molecular complexity index is 717. The molecule has 128 valence electrons. The van der Waals surface area contributed by atoms with Gasteiger partial charge in [0.2, 0.25) is 0 Å². The maximum atomic E-state index is 12.6. The van der Waals surface area contributed by atoms with Crippen LogP contribution in [0.15, 0.2) is 24.3 Å². The van der Waals surface area contributed by atoms with E-state index in [-0.39, 0.29) is 12.0 Å². The number of carbonyl (C=O) groups excluding carboxylic acids is 1. The summed E-state index contributed by atoms with van der Waals surface area (Å²) in [5.74, 6) is -3.18. The quantitative estimate of drug-likeness (QED) is 0.830. The van der Waals surface area contributed by atoms with E-state index in [9.17, 15) is 26.4 Å². The molecule has 0 aromatic heterocycles. The van der Waals surface area contributed by atoms with Crippen molar-refractivity contribution in [3.8, 4) is 0 Å². The first-order chi connectivity index (χ1) is 10.4. The lowest BCUT2D eigenvalue weighted by Crippen LogP contribution is -2.50. The Morgan fingerprint density at radius 3 is 2.57 bits per heavy atom. The van der Waals surface area contributed by atoms with Crippen LogP contribution in [0.3, 0.4) is 0 Å². The summed E-state index contributed by atoms with van der Waals surface area (Å²) >= 11 is 0. The van der Waals surface area contributed by atoms with Crippen LogP contribution >= 0.6 is 0 Å². The molecular formula is C14H16F3NO4S. The molecule has 2 N–H and O–H groups in total. The van der Waals surface area contributed by atoms with E-state index < -0.39 is 39.4 Å². The molecule has 2 unspecified atom stereocenters. The van der Waals surface area contributed by atoms with Crippen molar-refractivity contribution in [3.63, 3.8) is 0 Å². The average molecular weight is 351 g/mol. The lowest BCUT2D eigenvalue weighted by molar-refractivity contribution is -0.215. The molecule has 0 heterocycles. The van der Waals surface area contributed by atoms with E-state index in [4.69, 9.17) is 10.5 Å². The second-order valence-corrected chi connectivity index (χ2v) is 7.92. The normalized spacial score (nSPS) is 24.8. The van der Waals surface area contributed by atoms with E-state index in [2.05, 4.69) is 0 Å².